The molecular formula is C17H23FN2O4. The minimum Gasteiger partial charge on any atom is -0.468 e. The van der Waals surface area contributed by atoms with Crippen molar-refractivity contribution in [2.75, 3.05) is 12.4 Å². The highest BCUT2D eigenvalue weighted by molar-refractivity contribution is 5.85. The van der Waals surface area contributed by atoms with Crippen molar-refractivity contribution >= 4 is 17.7 Å². The molecule has 1 aliphatic rings. The van der Waals surface area contributed by atoms with Crippen LogP contribution in [0.2, 0.25) is 0 Å². The van der Waals surface area contributed by atoms with Crippen molar-refractivity contribution < 1.29 is 23.5 Å². The Balaban J connectivity index is 2.16. The molecule has 1 amide bonds. The average molecular weight is 338 g/mol. The SMILES string of the molecule is COC(=O)C(N)C1(c2ccc(NC(=O)OC(C)(C)C)cc2F)CC1. The predicted molar refractivity (Wildman–Crippen MR) is 87.2 cm³/mol. The number of methoxy groups -OCH3 is 1. The van der Waals surface area contributed by atoms with E-state index in [1.54, 1.807) is 26.8 Å². The molecule has 1 unspecified atom stereocenters. The number of rotatable bonds is 4. The number of hydrogen-bond donors (Lipinski definition) is 2. The molecule has 1 aliphatic carbocycles. The van der Waals surface area contributed by atoms with Crippen LogP contribution >= 0.6 is 0 Å². The lowest BCUT2D eigenvalue weighted by Crippen LogP contribution is -2.43. The normalized spacial score (nSPS) is 16.9. The molecule has 0 heterocycles. The van der Waals surface area contributed by atoms with E-state index in [9.17, 15) is 14.0 Å². The average Bonchev–Trinajstić information content (AvgIpc) is 3.25. The molecule has 6 nitrogen and oxygen atoms in total. The summed E-state index contributed by atoms with van der Waals surface area (Å²) >= 11 is 0. The molecule has 7 heteroatoms. The van der Waals surface area contributed by atoms with Crippen LogP contribution in [-0.2, 0) is 19.7 Å². The van der Waals surface area contributed by atoms with Crippen LogP contribution in [0.15, 0.2) is 18.2 Å². The molecule has 1 aromatic carbocycles. The number of benzene rings is 1. The van der Waals surface area contributed by atoms with Crippen molar-refractivity contribution in [3.8, 4) is 0 Å². The monoisotopic (exact) mass is 338 g/mol. The van der Waals surface area contributed by atoms with E-state index in [-0.39, 0.29) is 5.69 Å². The first-order chi connectivity index (χ1) is 11.1. The van der Waals surface area contributed by atoms with Crippen LogP contribution in [0.4, 0.5) is 14.9 Å². The highest BCUT2D eigenvalue weighted by atomic mass is 19.1. The standard InChI is InChI=1S/C17H23FN2O4/c1-16(2,3)24-15(22)20-10-5-6-11(12(18)9-10)17(7-8-17)13(19)14(21)23-4/h5-6,9,13H,7-8,19H2,1-4H3,(H,20,22). The molecule has 3 N–H and O–H groups in total. The maximum absolute atomic E-state index is 14.5. The molecule has 1 atom stereocenters. The van der Waals surface area contributed by atoms with Crippen molar-refractivity contribution in [3.63, 3.8) is 0 Å². The molecule has 0 radical (unpaired) electrons. The summed E-state index contributed by atoms with van der Waals surface area (Å²) in [6, 6.07) is 3.38. The summed E-state index contributed by atoms with van der Waals surface area (Å²) in [5.41, 5.74) is 5.17. The summed E-state index contributed by atoms with van der Waals surface area (Å²) in [7, 11) is 1.25. The molecule has 0 aromatic heterocycles. The first-order valence-corrected chi connectivity index (χ1v) is 7.72. The molecule has 1 aromatic rings. The lowest BCUT2D eigenvalue weighted by Gasteiger charge is -2.23. The summed E-state index contributed by atoms with van der Waals surface area (Å²) < 4.78 is 24.3. The Morgan fingerprint density at radius 1 is 1.33 bits per heavy atom. The van der Waals surface area contributed by atoms with Gasteiger partial charge in [-0.1, -0.05) is 6.07 Å². The van der Waals surface area contributed by atoms with E-state index in [2.05, 4.69) is 10.1 Å². The molecule has 132 valence electrons. The number of carbonyl (C=O) groups is 2. The number of amides is 1. The summed E-state index contributed by atoms with van der Waals surface area (Å²) in [6.07, 6.45) is 0.556. The lowest BCUT2D eigenvalue weighted by molar-refractivity contribution is -0.143. The van der Waals surface area contributed by atoms with Crippen LogP contribution in [0.25, 0.3) is 0 Å². The van der Waals surface area contributed by atoms with Gasteiger partial charge in [-0.3, -0.25) is 10.1 Å². The fraction of sp³-hybridized carbons (Fsp3) is 0.529. The number of carbonyl (C=O) groups excluding carboxylic acids is 2. The number of halogens is 1. The van der Waals surface area contributed by atoms with Crippen molar-refractivity contribution in [2.24, 2.45) is 5.73 Å². The Hall–Kier alpha value is -2.15. The summed E-state index contributed by atoms with van der Waals surface area (Å²) in [6.45, 7) is 5.21. The number of hydrogen-bond acceptors (Lipinski definition) is 5. The van der Waals surface area contributed by atoms with Gasteiger partial charge in [0.2, 0.25) is 0 Å². The molecule has 24 heavy (non-hydrogen) atoms. The molecular weight excluding hydrogens is 315 g/mol. The van der Waals surface area contributed by atoms with E-state index in [1.165, 1.54) is 19.2 Å². The Bertz CT molecular complexity index is 650. The van der Waals surface area contributed by atoms with Gasteiger partial charge < -0.3 is 15.2 Å². The Morgan fingerprint density at radius 3 is 2.42 bits per heavy atom. The zero-order chi connectivity index (χ0) is 18.1. The Kier molecular flexibility index (Phi) is 4.85. The first-order valence-electron chi connectivity index (χ1n) is 7.72. The van der Waals surface area contributed by atoms with Gasteiger partial charge in [-0.05, 0) is 51.3 Å². The second kappa shape index (κ2) is 6.39. The molecule has 0 spiro atoms. The first kappa shape index (κ1) is 18.2. The highest BCUT2D eigenvalue weighted by Crippen LogP contribution is 2.51. The Labute approximate surface area is 140 Å². The quantitative estimate of drug-likeness (QED) is 0.824. The number of anilines is 1. The van der Waals surface area contributed by atoms with E-state index < -0.39 is 34.9 Å². The van der Waals surface area contributed by atoms with E-state index >= 15 is 0 Å². The minimum absolute atomic E-state index is 0.271. The highest BCUT2D eigenvalue weighted by Gasteiger charge is 2.54. The zero-order valence-electron chi connectivity index (χ0n) is 14.3. The largest absolute Gasteiger partial charge is 0.468 e. The molecule has 1 fully saturated rings. The van der Waals surface area contributed by atoms with Crippen molar-refractivity contribution in [1.82, 2.24) is 0 Å². The molecule has 0 bridgehead atoms. The Morgan fingerprint density at radius 2 is 1.96 bits per heavy atom. The smallest absolute Gasteiger partial charge is 0.412 e. The van der Waals surface area contributed by atoms with Gasteiger partial charge in [0.25, 0.3) is 0 Å². The van der Waals surface area contributed by atoms with Gasteiger partial charge in [0.15, 0.2) is 0 Å². The molecule has 0 aliphatic heterocycles. The third kappa shape index (κ3) is 3.84. The van der Waals surface area contributed by atoms with E-state index in [0.29, 0.717) is 18.4 Å². The maximum atomic E-state index is 14.5. The maximum Gasteiger partial charge on any atom is 0.412 e. The van der Waals surface area contributed by atoms with E-state index in [1.807, 2.05) is 0 Å². The minimum atomic E-state index is -0.915. The number of ether oxygens (including phenoxy) is 2. The fourth-order valence-electron chi connectivity index (χ4n) is 2.65. The number of nitrogens with one attached hydrogen (secondary N) is 1. The van der Waals surface area contributed by atoms with Crippen molar-refractivity contribution in [3.05, 3.63) is 29.6 Å². The fourth-order valence-corrected chi connectivity index (χ4v) is 2.65. The van der Waals surface area contributed by atoms with Crippen molar-refractivity contribution in [1.29, 1.82) is 0 Å². The third-order valence-electron chi connectivity index (χ3n) is 3.99. The van der Waals surface area contributed by atoms with Crippen LogP contribution in [0, 0.1) is 5.82 Å². The van der Waals surface area contributed by atoms with Crippen LogP contribution < -0.4 is 11.1 Å². The van der Waals surface area contributed by atoms with Crippen LogP contribution in [0.1, 0.15) is 39.2 Å². The third-order valence-corrected chi connectivity index (χ3v) is 3.99. The summed E-state index contributed by atoms with van der Waals surface area (Å²) in [4.78, 5) is 23.4. The molecule has 0 saturated heterocycles. The van der Waals surface area contributed by atoms with Gasteiger partial charge in [0, 0.05) is 11.1 Å². The lowest BCUT2D eigenvalue weighted by atomic mass is 9.88. The van der Waals surface area contributed by atoms with Gasteiger partial charge in [-0.15, -0.1) is 0 Å². The second-order valence-corrected chi connectivity index (χ2v) is 6.98. The number of esters is 1. The molecule has 1 saturated carbocycles. The van der Waals surface area contributed by atoms with Gasteiger partial charge in [0.05, 0.1) is 7.11 Å². The zero-order valence-corrected chi connectivity index (χ0v) is 14.3. The van der Waals surface area contributed by atoms with Crippen LogP contribution in [0.5, 0.6) is 0 Å². The summed E-state index contributed by atoms with van der Waals surface area (Å²) in [5, 5.41) is 2.48. The van der Waals surface area contributed by atoms with Gasteiger partial charge >= 0.3 is 12.1 Å². The summed E-state index contributed by atoms with van der Waals surface area (Å²) in [5.74, 6) is -1.09. The van der Waals surface area contributed by atoms with Crippen LogP contribution in [-0.4, -0.2) is 30.8 Å². The van der Waals surface area contributed by atoms with Crippen LogP contribution in [0.3, 0.4) is 0 Å². The van der Waals surface area contributed by atoms with Crippen molar-refractivity contribution in [2.45, 2.75) is 50.7 Å². The van der Waals surface area contributed by atoms with E-state index in [4.69, 9.17) is 10.5 Å². The predicted octanol–water partition coefficient (Wildman–Crippen LogP) is 2.70. The van der Waals surface area contributed by atoms with E-state index in [0.717, 1.165) is 0 Å². The van der Waals surface area contributed by atoms with Gasteiger partial charge in [-0.25, -0.2) is 9.18 Å². The topological polar surface area (TPSA) is 90.6 Å². The van der Waals surface area contributed by atoms with Gasteiger partial charge in [-0.2, -0.15) is 0 Å². The second-order valence-electron chi connectivity index (χ2n) is 6.98. The van der Waals surface area contributed by atoms with Gasteiger partial charge in [0.1, 0.15) is 17.5 Å². The number of nitrogens with two attached hydrogens (primary N) is 1. The molecule has 2 rings (SSSR count).